The van der Waals surface area contributed by atoms with Crippen molar-refractivity contribution < 1.29 is 0 Å². The molecule has 0 aromatic rings. The van der Waals surface area contributed by atoms with Gasteiger partial charge in [0, 0.05) is 0 Å². The van der Waals surface area contributed by atoms with Crippen LogP contribution in [0.1, 0.15) is 20.3 Å². The molecule has 0 fully saturated rings. The molecule has 0 saturated carbocycles. The zero-order valence-corrected chi connectivity index (χ0v) is 7.41. The molecule has 1 atom stereocenters. The van der Waals surface area contributed by atoms with E-state index in [1.165, 1.54) is 6.42 Å². The minimum absolute atomic E-state index is 0.799. The first-order chi connectivity index (χ1) is 4.81. The van der Waals surface area contributed by atoms with Crippen LogP contribution in [0.15, 0.2) is 0 Å². The van der Waals surface area contributed by atoms with E-state index in [9.17, 15) is 0 Å². The maximum absolute atomic E-state index is 3.33. The van der Waals surface area contributed by atoms with Crippen LogP contribution >= 0.6 is 0 Å². The van der Waals surface area contributed by atoms with E-state index in [4.69, 9.17) is 0 Å². The van der Waals surface area contributed by atoms with Crippen LogP contribution in [-0.4, -0.2) is 26.7 Å². The monoisotopic (exact) mass is 144 g/mol. The van der Waals surface area contributed by atoms with Gasteiger partial charge in [-0.25, -0.2) is 0 Å². The zero-order valence-electron chi connectivity index (χ0n) is 7.41. The second-order valence-corrected chi connectivity index (χ2v) is 2.81. The number of rotatable bonds is 6. The molecule has 0 radical (unpaired) electrons. The van der Waals surface area contributed by atoms with Gasteiger partial charge in [-0.2, -0.15) is 0 Å². The fourth-order valence-electron chi connectivity index (χ4n) is 0.884. The fraction of sp³-hybridized carbons (Fsp3) is 1.00. The topological polar surface area (TPSA) is 24.1 Å². The standard InChI is InChI=1S/C8H20N2/c1-4-10-7-8(2)5-6-9-3/h8-10H,4-7H2,1-3H3. The summed E-state index contributed by atoms with van der Waals surface area (Å²) < 4.78 is 0. The Morgan fingerprint density at radius 1 is 1.40 bits per heavy atom. The van der Waals surface area contributed by atoms with Crippen molar-refractivity contribution in [3.63, 3.8) is 0 Å². The molecule has 0 aliphatic carbocycles. The number of hydrogen-bond donors (Lipinski definition) is 2. The lowest BCUT2D eigenvalue weighted by Crippen LogP contribution is -2.23. The third-order valence-corrected chi connectivity index (χ3v) is 1.63. The van der Waals surface area contributed by atoms with Crippen molar-refractivity contribution in [3.8, 4) is 0 Å². The van der Waals surface area contributed by atoms with Crippen LogP contribution in [0, 0.1) is 5.92 Å². The summed E-state index contributed by atoms with van der Waals surface area (Å²) >= 11 is 0. The van der Waals surface area contributed by atoms with Crippen molar-refractivity contribution in [1.82, 2.24) is 10.6 Å². The van der Waals surface area contributed by atoms with Gasteiger partial charge in [0.2, 0.25) is 0 Å². The van der Waals surface area contributed by atoms with E-state index in [0.717, 1.165) is 25.6 Å². The zero-order chi connectivity index (χ0) is 7.82. The lowest BCUT2D eigenvalue weighted by Gasteiger charge is -2.10. The van der Waals surface area contributed by atoms with Gasteiger partial charge in [0.25, 0.3) is 0 Å². The van der Waals surface area contributed by atoms with Crippen molar-refractivity contribution >= 4 is 0 Å². The molecule has 2 nitrogen and oxygen atoms in total. The van der Waals surface area contributed by atoms with Crippen LogP contribution in [0.4, 0.5) is 0 Å². The summed E-state index contributed by atoms with van der Waals surface area (Å²) in [7, 11) is 2.00. The van der Waals surface area contributed by atoms with Crippen molar-refractivity contribution in [2.45, 2.75) is 20.3 Å². The van der Waals surface area contributed by atoms with E-state index in [1.54, 1.807) is 0 Å². The second kappa shape index (κ2) is 7.03. The maximum atomic E-state index is 3.33. The van der Waals surface area contributed by atoms with Crippen LogP contribution in [0.5, 0.6) is 0 Å². The highest BCUT2D eigenvalue weighted by Crippen LogP contribution is 1.96. The quantitative estimate of drug-likeness (QED) is 0.577. The Labute approximate surface area is 64.4 Å². The molecule has 0 bridgehead atoms. The average Bonchev–Trinajstić information content (AvgIpc) is 1.97. The van der Waals surface area contributed by atoms with Crippen molar-refractivity contribution in [2.75, 3.05) is 26.7 Å². The molecule has 2 N–H and O–H groups in total. The van der Waals surface area contributed by atoms with Gasteiger partial charge in [-0.1, -0.05) is 13.8 Å². The van der Waals surface area contributed by atoms with Crippen molar-refractivity contribution in [1.29, 1.82) is 0 Å². The van der Waals surface area contributed by atoms with E-state index < -0.39 is 0 Å². The molecule has 0 saturated heterocycles. The molecule has 0 rings (SSSR count). The van der Waals surface area contributed by atoms with E-state index in [-0.39, 0.29) is 0 Å². The summed E-state index contributed by atoms with van der Waals surface area (Å²) in [4.78, 5) is 0. The van der Waals surface area contributed by atoms with Crippen LogP contribution < -0.4 is 10.6 Å². The van der Waals surface area contributed by atoms with Crippen molar-refractivity contribution in [3.05, 3.63) is 0 Å². The molecule has 62 valence electrons. The molecule has 0 aromatic heterocycles. The third-order valence-electron chi connectivity index (χ3n) is 1.63. The number of hydrogen-bond acceptors (Lipinski definition) is 2. The lowest BCUT2D eigenvalue weighted by atomic mass is 10.1. The third kappa shape index (κ3) is 6.05. The first kappa shape index (κ1) is 9.92. The van der Waals surface area contributed by atoms with E-state index in [1.807, 2.05) is 7.05 Å². The van der Waals surface area contributed by atoms with Gasteiger partial charge in [-0.15, -0.1) is 0 Å². The van der Waals surface area contributed by atoms with Crippen LogP contribution in [0.25, 0.3) is 0 Å². The van der Waals surface area contributed by atoms with E-state index in [2.05, 4.69) is 24.5 Å². The fourth-order valence-corrected chi connectivity index (χ4v) is 0.884. The maximum Gasteiger partial charge on any atom is -0.00228 e. The van der Waals surface area contributed by atoms with Gasteiger partial charge < -0.3 is 10.6 Å². The largest absolute Gasteiger partial charge is 0.320 e. The Bertz CT molecular complexity index is 56.3. The minimum Gasteiger partial charge on any atom is -0.320 e. The van der Waals surface area contributed by atoms with E-state index >= 15 is 0 Å². The number of nitrogens with one attached hydrogen (secondary N) is 2. The van der Waals surface area contributed by atoms with Crippen LogP contribution in [-0.2, 0) is 0 Å². The molecule has 1 unspecified atom stereocenters. The summed E-state index contributed by atoms with van der Waals surface area (Å²) in [5.74, 6) is 0.799. The Morgan fingerprint density at radius 3 is 2.60 bits per heavy atom. The first-order valence-electron chi connectivity index (χ1n) is 4.16. The Morgan fingerprint density at radius 2 is 2.10 bits per heavy atom. The van der Waals surface area contributed by atoms with E-state index in [0.29, 0.717) is 0 Å². The molecule has 0 amide bonds. The highest BCUT2D eigenvalue weighted by atomic mass is 14.8. The van der Waals surface area contributed by atoms with Gasteiger partial charge in [0.15, 0.2) is 0 Å². The molecule has 10 heavy (non-hydrogen) atoms. The Hall–Kier alpha value is -0.0800. The molecular formula is C8H20N2. The smallest absolute Gasteiger partial charge is 0.00228 e. The molecule has 0 aromatic carbocycles. The molecule has 2 heteroatoms. The van der Waals surface area contributed by atoms with Gasteiger partial charge in [-0.3, -0.25) is 0 Å². The van der Waals surface area contributed by atoms with Crippen molar-refractivity contribution in [2.24, 2.45) is 5.92 Å². The molecule has 0 heterocycles. The van der Waals surface area contributed by atoms with Gasteiger partial charge in [0.05, 0.1) is 0 Å². The summed E-state index contributed by atoms with van der Waals surface area (Å²) in [6.07, 6.45) is 1.27. The molecule has 0 aliphatic heterocycles. The average molecular weight is 144 g/mol. The highest BCUT2D eigenvalue weighted by Gasteiger charge is 1.97. The lowest BCUT2D eigenvalue weighted by molar-refractivity contribution is 0.480. The first-order valence-corrected chi connectivity index (χ1v) is 4.16. The Balaban J connectivity index is 3.00. The summed E-state index contributed by atoms with van der Waals surface area (Å²) in [6, 6.07) is 0. The molecular weight excluding hydrogens is 124 g/mol. The summed E-state index contributed by atoms with van der Waals surface area (Å²) in [5, 5.41) is 6.48. The van der Waals surface area contributed by atoms with Crippen LogP contribution in [0.3, 0.4) is 0 Å². The SMILES string of the molecule is CCNCC(C)CCNC. The van der Waals surface area contributed by atoms with Gasteiger partial charge in [-0.05, 0) is 39.0 Å². The summed E-state index contributed by atoms with van der Waals surface area (Å²) in [5.41, 5.74) is 0. The normalized spacial score (nSPS) is 13.5. The minimum atomic E-state index is 0.799. The Kier molecular flexibility index (Phi) is 6.98. The predicted molar refractivity (Wildman–Crippen MR) is 46.3 cm³/mol. The van der Waals surface area contributed by atoms with Gasteiger partial charge >= 0.3 is 0 Å². The molecule has 0 aliphatic rings. The highest BCUT2D eigenvalue weighted by molar-refractivity contribution is 4.56. The predicted octanol–water partition coefficient (Wildman–Crippen LogP) is 0.841. The molecule has 0 spiro atoms. The second-order valence-electron chi connectivity index (χ2n) is 2.81. The van der Waals surface area contributed by atoms with Crippen LogP contribution in [0.2, 0.25) is 0 Å². The summed E-state index contributed by atoms with van der Waals surface area (Å²) in [6.45, 7) is 7.79. The van der Waals surface area contributed by atoms with Gasteiger partial charge in [0.1, 0.15) is 0 Å².